The lowest BCUT2D eigenvalue weighted by atomic mass is 10.0. The Morgan fingerprint density at radius 1 is 1.47 bits per heavy atom. The Labute approximate surface area is 114 Å². The minimum atomic E-state index is -0.309. The zero-order chi connectivity index (χ0) is 14.0. The number of likely N-dealkylation sites (N-methyl/N-ethyl adjacent to an activating group) is 1. The highest BCUT2D eigenvalue weighted by atomic mass is 19.1. The van der Waals surface area contributed by atoms with E-state index in [4.69, 9.17) is 10.5 Å². The minimum absolute atomic E-state index is 0.148. The summed E-state index contributed by atoms with van der Waals surface area (Å²) in [6.07, 6.45) is 2.52. The van der Waals surface area contributed by atoms with Crippen LogP contribution in [-0.4, -0.2) is 31.6 Å². The molecule has 1 aliphatic carbocycles. The normalized spacial score (nSPS) is 18.4. The van der Waals surface area contributed by atoms with Crippen LogP contribution in [0.4, 0.5) is 4.39 Å². The summed E-state index contributed by atoms with van der Waals surface area (Å²) in [5, 5.41) is 0. The van der Waals surface area contributed by atoms with Gasteiger partial charge in [-0.2, -0.15) is 0 Å². The van der Waals surface area contributed by atoms with Crippen LogP contribution in [-0.2, 0) is 0 Å². The lowest BCUT2D eigenvalue weighted by Gasteiger charge is -2.33. The molecule has 0 radical (unpaired) electrons. The van der Waals surface area contributed by atoms with E-state index in [9.17, 15) is 4.39 Å². The predicted molar refractivity (Wildman–Crippen MR) is 74.7 cm³/mol. The SMILES string of the molecule is COc1ccc(C(C)N(C)C(CN)C2CC2)cc1F. The van der Waals surface area contributed by atoms with Gasteiger partial charge in [-0.1, -0.05) is 6.07 Å². The number of methoxy groups -OCH3 is 1. The maximum absolute atomic E-state index is 13.8. The van der Waals surface area contributed by atoms with Gasteiger partial charge in [0.1, 0.15) is 0 Å². The van der Waals surface area contributed by atoms with Crippen molar-refractivity contribution in [1.82, 2.24) is 4.90 Å². The fraction of sp³-hybridized carbons (Fsp3) is 0.600. The van der Waals surface area contributed by atoms with Gasteiger partial charge in [-0.05, 0) is 50.4 Å². The Balaban J connectivity index is 2.13. The monoisotopic (exact) mass is 266 g/mol. The first-order valence-electron chi connectivity index (χ1n) is 6.84. The molecule has 19 heavy (non-hydrogen) atoms. The van der Waals surface area contributed by atoms with Crippen molar-refractivity contribution in [2.75, 3.05) is 20.7 Å². The Bertz CT molecular complexity index is 434. The van der Waals surface area contributed by atoms with Crippen molar-refractivity contribution in [3.63, 3.8) is 0 Å². The zero-order valence-electron chi connectivity index (χ0n) is 11.9. The van der Waals surface area contributed by atoms with E-state index in [0.717, 1.165) is 5.56 Å². The van der Waals surface area contributed by atoms with Crippen molar-refractivity contribution in [3.05, 3.63) is 29.6 Å². The van der Waals surface area contributed by atoms with Crippen molar-refractivity contribution < 1.29 is 9.13 Å². The number of nitrogens with two attached hydrogens (primary N) is 1. The molecule has 0 heterocycles. The molecule has 106 valence electrons. The molecule has 2 rings (SSSR count). The van der Waals surface area contributed by atoms with Gasteiger partial charge in [-0.25, -0.2) is 4.39 Å². The molecule has 0 aliphatic heterocycles. The second-order valence-electron chi connectivity index (χ2n) is 5.38. The molecular weight excluding hydrogens is 243 g/mol. The van der Waals surface area contributed by atoms with Gasteiger partial charge in [0.05, 0.1) is 7.11 Å². The number of ether oxygens (including phenoxy) is 1. The van der Waals surface area contributed by atoms with Crippen molar-refractivity contribution in [1.29, 1.82) is 0 Å². The van der Waals surface area contributed by atoms with Gasteiger partial charge in [0, 0.05) is 18.6 Å². The first-order valence-corrected chi connectivity index (χ1v) is 6.84. The van der Waals surface area contributed by atoms with E-state index in [2.05, 4.69) is 18.9 Å². The highest BCUT2D eigenvalue weighted by molar-refractivity contribution is 5.31. The third kappa shape index (κ3) is 3.07. The Morgan fingerprint density at radius 3 is 2.63 bits per heavy atom. The Morgan fingerprint density at radius 2 is 2.16 bits per heavy atom. The van der Waals surface area contributed by atoms with E-state index in [-0.39, 0.29) is 17.6 Å². The average molecular weight is 266 g/mol. The number of hydrogen-bond acceptors (Lipinski definition) is 3. The lowest BCUT2D eigenvalue weighted by Crippen LogP contribution is -2.41. The number of hydrogen-bond donors (Lipinski definition) is 1. The van der Waals surface area contributed by atoms with Crippen LogP contribution in [0.3, 0.4) is 0 Å². The number of nitrogens with zero attached hydrogens (tertiary/aromatic N) is 1. The van der Waals surface area contributed by atoms with E-state index in [0.29, 0.717) is 18.5 Å². The van der Waals surface area contributed by atoms with Gasteiger partial charge in [0.15, 0.2) is 11.6 Å². The molecule has 0 amide bonds. The number of benzene rings is 1. The standard InChI is InChI=1S/C15H23FN2O/c1-10(18(2)14(9-17)11-4-5-11)12-6-7-15(19-3)13(16)8-12/h6-8,10-11,14H,4-5,9,17H2,1-3H3. The number of rotatable bonds is 6. The third-order valence-corrected chi connectivity index (χ3v) is 4.20. The van der Waals surface area contributed by atoms with Crippen LogP contribution in [0.15, 0.2) is 18.2 Å². The van der Waals surface area contributed by atoms with E-state index in [1.165, 1.54) is 20.0 Å². The van der Waals surface area contributed by atoms with Gasteiger partial charge in [0.25, 0.3) is 0 Å². The molecule has 1 saturated carbocycles. The van der Waals surface area contributed by atoms with Crippen LogP contribution in [0.1, 0.15) is 31.4 Å². The molecule has 0 spiro atoms. The van der Waals surface area contributed by atoms with Crippen molar-refractivity contribution >= 4 is 0 Å². The van der Waals surface area contributed by atoms with Gasteiger partial charge < -0.3 is 10.5 Å². The lowest BCUT2D eigenvalue weighted by molar-refractivity contribution is 0.170. The van der Waals surface area contributed by atoms with Gasteiger partial charge in [0.2, 0.25) is 0 Å². The van der Waals surface area contributed by atoms with Crippen LogP contribution in [0, 0.1) is 11.7 Å². The molecule has 2 N–H and O–H groups in total. The molecule has 1 aromatic carbocycles. The van der Waals surface area contributed by atoms with Gasteiger partial charge in [-0.3, -0.25) is 4.90 Å². The summed E-state index contributed by atoms with van der Waals surface area (Å²) in [5.74, 6) is 0.688. The van der Waals surface area contributed by atoms with Crippen LogP contribution in [0.25, 0.3) is 0 Å². The molecule has 0 bridgehead atoms. The second-order valence-corrected chi connectivity index (χ2v) is 5.38. The maximum Gasteiger partial charge on any atom is 0.165 e. The molecule has 2 atom stereocenters. The summed E-state index contributed by atoms with van der Waals surface area (Å²) in [7, 11) is 3.55. The van der Waals surface area contributed by atoms with E-state index in [1.54, 1.807) is 12.1 Å². The van der Waals surface area contributed by atoms with Gasteiger partial charge >= 0.3 is 0 Å². The summed E-state index contributed by atoms with van der Waals surface area (Å²) in [4.78, 5) is 2.26. The smallest absolute Gasteiger partial charge is 0.165 e. The fourth-order valence-corrected chi connectivity index (χ4v) is 2.64. The summed E-state index contributed by atoms with van der Waals surface area (Å²) < 4.78 is 18.7. The molecule has 2 unspecified atom stereocenters. The molecule has 1 fully saturated rings. The molecule has 1 aliphatic rings. The summed E-state index contributed by atoms with van der Waals surface area (Å²) in [5.41, 5.74) is 6.83. The Kier molecular flexibility index (Phi) is 4.42. The minimum Gasteiger partial charge on any atom is -0.494 e. The largest absolute Gasteiger partial charge is 0.494 e. The first kappa shape index (κ1) is 14.3. The average Bonchev–Trinajstić information content (AvgIpc) is 3.23. The fourth-order valence-electron chi connectivity index (χ4n) is 2.64. The first-order chi connectivity index (χ1) is 9.08. The van der Waals surface area contributed by atoms with Crippen LogP contribution >= 0.6 is 0 Å². The predicted octanol–water partition coefficient (Wildman–Crippen LogP) is 2.56. The van der Waals surface area contributed by atoms with Crippen molar-refractivity contribution in [3.8, 4) is 5.75 Å². The van der Waals surface area contributed by atoms with Crippen molar-refractivity contribution in [2.45, 2.75) is 31.8 Å². The molecule has 3 nitrogen and oxygen atoms in total. The summed E-state index contributed by atoms with van der Waals surface area (Å²) in [6.45, 7) is 2.75. The number of halogens is 1. The van der Waals surface area contributed by atoms with E-state index < -0.39 is 0 Å². The van der Waals surface area contributed by atoms with Gasteiger partial charge in [-0.15, -0.1) is 0 Å². The zero-order valence-corrected chi connectivity index (χ0v) is 11.9. The molecule has 4 heteroatoms. The third-order valence-electron chi connectivity index (χ3n) is 4.20. The second kappa shape index (κ2) is 5.88. The van der Waals surface area contributed by atoms with Crippen LogP contribution in [0.5, 0.6) is 5.75 Å². The van der Waals surface area contributed by atoms with Crippen molar-refractivity contribution in [2.24, 2.45) is 11.7 Å². The maximum atomic E-state index is 13.8. The highest BCUT2D eigenvalue weighted by Crippen LogP contribution is 2.37. The van der Waals surface area contributed by atoms with E-state index in [1.807, 2.05) is 6.07 Å². The van der Waals surface area contributed by atoms with Crippen LogP contribution in [0.2, 0.25) is 0 Å². The molecule has 1 aromatic rings. The van der Waals surface area contributed by atoms with E-state index >= 15 is 0 Å². The van der Waals surface area contributed by atoms with Crippen LogP contribution < -0.4 is 10.5 Å². The molecule has 0 aromatic heterocycles. The Hall–Kier alpha value is -1.13. The summed E-state index contributed by atoms with van der Waals surface area (Å²) in [6, 6.07) is 5.70. The summed E-state index contributed by atoms with van der Waals surface area (Å²) >= 11 is 0. The quantitative estimate of drug-likeness (QED) is 0.860. The topological polar surface area (TPSA) is 38.5 Å². The molecule has 0 saturated heterocycles. The highest BCUT2D eigenvalue weighted by Gasteiger charge is 2.34. The molecular formula is C15H23FN2O.